The van der Waals surface area contributed by atoms with Crippen LogP contribution < -0.4 is 18.9 Å². The lowest BCUT2D eigenvalue weighted by Gasteiger charge is -2.31. The van der Waals surface area contributed by atoms with Crippen molar-refractivity contribution in [3.63, 3.8) is 0 Å². The molecule has 3 rings (SSSR count). The van der Waals surface area contributed by atoms with E-state index in [1.807, 2.05) is 46.4 Å². The summed E-state index contributed by atoms with van der Waals surface area (Å²) in [5.74, 6) is 2.74. The van der Waals surface area contributed by atoms with E-state index in [2.05, 4.69) is 10.2 Å². The smallest absolute Gasteiger partial charge is 0.169 e. The van der Waals surface area contributed by atoms with Gasteiger partial charge in [-0.25, -0.2) is 0 Å². The lowest BCUT2D eigenvalue weighted by molar-refractivity contribution is 0.141. The molecule has 0 unspecified atom stereocenters. The minimum Gasteiger partial charge on any atom is -0.493 e. The predicted octanol–water partition coefficient (Wildman–Crippen LogP) is 2.71. The summed E-state index contributed by atoms with van der Waals surface area (Å²) < 4.78 is 21.6. The van der Waals surface area contributed by atoms with E-state index in [0.29, 0.717) is 23.0 Å². The van der Waals surface area contributed by atoms with Crippen LogP contribution in [-0.2, 0) is 0 Å². The zero-order valence-electron chi connectivity index (χ0n) is 17.9. The topological polar surface area (TPSA) is 68.1 Å². The molecule has 8 heteroatoms. The van der Waals surface area contributed by atoms with E-state index in [-0.39, 0.29) is 0 Å². The molecule has 8 nitrogen and oxygen atoms in total. The molecule has 0 spiro atoms. The van der Waals surface area contributed by atoms with Gasteiger partial charge in [0.1, 0.15) is 0 Å². The Morgan fingerprint density at radius 3 is 1.37 bits per heavy atom. The normalized spacial score (nSPS) is 14.4. The summed E-state index contributed by atoms with van der Waals surface area (Å²) in [5, 5.41) is 13.2. The van der Waals surface area contributed by atoms with Gasteiger partial charge in [0.15, 0.2) is 23.0 Å². The number of nitrogens with zero attached hydrogens (tertiary/aromatic N) is 4. The first-order valence-corrected chi connectivity index (χ1v) is 9.70. The van der Waals surface area contributed by atoms with E-state index < -0.39 is 0 Å². The number of rotatable bonds is 8. The Balaban J connectivity index is 1.60. The molecule has 1 saturated heterocycles. The SMILES string of the molecule is COc1cccc(/C=N\N2CCN(/N=C/c3cccc(OC)c3OC)CC2)c1OC. The third-order valence-electron chi connectivity index (χ3n) is 4.82. The Labute approximate surface area is 177 Å². The lowest BCUT2D eigenvalue weighted by Crippen LogP contribution is -2.41. The quantitative estimate of drug-likeness (QED) is 0.621. The van der Waals surface area contributed by atoms with Crippen LogP contribution >= 0.6 is 0 Å². The van der Waals surface area contributed by atoms with Crippen molar-refractivity contribution < 1.29 is 18.9 Å². The summed E-state index contributed by atoms with van der Waals surface area (Å²) in [6, 6.07) is 11.5. The van der Waals surface area contributed by atoms with E-state index in [1.165, 1.54) is 0 Å². The van der Waals surface area contributed by atoms with Gasteiger partial charge in [0.25, 0.3) is 0 Å². The predicted molar refractivity (Wildman–Crippen MR) is 117 cm³/mol. The number of hydrazone groups is 2. The van der Waals surface area contributed by atoms with Crippen molar-refractivity contribution in [2.24, 2.45) is 10.2 Å². The zero-order valence-corrected chi connectivity index (χ0v) is 17.9. The second-order valence-corrected chi connectivity index (χ2v) is 6.56. The fourth-order valence-corrected chi connectivity index (χ4v) is 3.23. The molecule has 0 saturated carbocycles. The van der Waals surface area contributed by atoms with E-state index >= 15 is 0 Å². The van der Waals surface area contributed by atoms with Crippen molar-refractivity contribution >= 4 is 12.4 Å². The number of piperazine rings is 1. The molecule has 2 aromatic rings. The minimum atomic E-state index is 0.680. The van der Waals surface area contributed by atoms with Crippen LogP contribution in [0.4, 0.5) is 0 Å². The van der Waals surface area contributed by atoms with Gasteiger partial charge in [-0.1, -0.05) is 12.1 Å². The van der Waals surface area contributed by atoms with Crippen LogP contribution in [0.1, 0.15) is 11.1 Å². The lowest BCUT2D eigenvalue weighted by atomic mass is 10.2. The number of ether oxygens (including phenoxy) is 4. The highest BCUT2D eigenvalue weighted by atomic mass is 16.5. The summed E-state index contributed by atoms with van der Waals surface area (Å²) in [4.78, 5) is 0. The second kappa shape index (κ2) is 10.4. The van der Waals surface area contributed by atoms with Crippen molar-refractivity contribution in [2.45, 2.75) is 0 Å². The number of para-hydroxylation sites is 2. The van der Waals surface area contributed by atoms with Crippen molar-refractivity contribution in [1.82, 2.24) is 10.0 Å². The highest BCUT2D eigenvalue weighted by Gasteiger charge is 2.15. The van der Waals surface area contributed by atoms with Crippen molar-refractivity contribution in [2.75, 3.05) is 54.6 Å². The Bertz CT molecular complexity index is 819. The van der Waals surface area contributed by atoms with Crippen LogP contribution in [0, 0.1) is 0 Å². The fourth-order valence-electron chi connectivity index (χ4n) is 3.23. The number of hydrogen-bond acceptors (Lipinski definition) is 8. The molecule has 1 aliphatic rings. The maximum atomic E-state index is 5.45. The van der Waals surface area contributed by atoms with E-state index in [0.717, 1.165) is 37.3 Å². The second-order valence-electron chi connectivity index (χ2n) is 6.56. The summed E-state index contributed by atoms with van der Waals surface area (Å²) in [5.41, 5.74) is 1.75. The molecule has 0 atom stereocenters. The van der Waals surface area contributed by atoms with Gasteiger partial charge in [0.05, 0.1) is 67.0 Å². The molecule has 0 aliphatic carbocycles. The van der Waals surface area contributed by atoms with Crippen LogP contribution in [0.25, 0.3) is 0 Å². The number of methoxy groups -OCH3 is 4. The van der Waals surface area contributed by atoms with Gasteiger partial charge in [0, 0.05) is 11.1 Å². The van der Waals surface area contributed by atoms with E-state index in [4.69, 9.17) is 18.9 Å². The summed E-state index contributed by atoms with van der Waals surface area (Å²) in [6.07, 6.45) is 3.61. The van der Waals surface area contributed by atoms with E-state index in [1.54, 1.807) is 40.9 Å². The minimum absolute atomic E-state index is 0.680. The Morgan fingerprint density at radius 2 is 1.03 bits per heavy atom. The maximum Gasteiger partial charge on any atom is 0.169 e. The molecular weight excluding hydrogens is 384 g/mol. The third kappa shape index (κ3) is 4.94. The molecular formula is C22H28N4O4. The van der Waals surface area contributed by atoms with Crippen LogP contribution in [-0.4, -0.2) is 77.1 Å². The highest BCUT2D eigenvalue weighted by molar-refractivity contribution is 5.85. The number of hydrogen-bond donors (Lipinski definition) is 0. The first-order valence-electron chi connectivity index (χ1n) is 9.70. The van der Waals surface area contributed by atoms with Gasteiger partial charge in [-0.2, -0.15) is 10.2 Å². The van der Waals surface area contributed by atoms with Gasteiger partial charge < -0.3 is 18.9 Å². The molecule has 0 amide bonds. The summed E-state index contributed by atoms with van der Waals surface area (Å²) in [6.45, 7) is 3.09. The van der Waals surface area contributed by atoms with Gasteiger partial charge in [0.2, 0.25) is 0 Å². The Hall–Kier alpha value is -3.42. The Morgan fingerprint density at radius 1 is 0.633 bits per heavy atom. The third-order valence-corrected chi connectivity index (χ3v) is 4.82. The van der Waals surface area contributed by atoms with Gasteiger partial charge in [-0.05, 0) is 24.3 Å². The summed E-state index contributed by atoms with van der Waals surface area (Å²) in [7, 11) is 6.51. The molecule has 1 fully saturated rings. The molecule has 0 aromatic heterocycles. The van der Waals surface area contributed by atoms with Crippen LogP contribution in [0.5, 0.6) is 23.0 Å². The van der Waals surface area contributed by atoms with Gasteiger partial charge in [-0.15, -0.1) is 0 Å². The van der Waals surface area contributed by atoms with Crippen molar-refractivity contribution in [3.05, 3.63) is 47.5 Å². The molecule has 0 bridgehead atoms. The molecule has 30 heavy (non-hydrogen) atoms. The first-order chi connectivity index (χ1) is 14.7. The van der Waals surface area contributed by atoms with Crippen LogP contribution in [0.15, 0.2) is 46.6 Å². The fraction of sp³-hybridized carbons (Fsp3) is 0.364. The molecule has 1 aliphatic heterocycles. The van der Waals surface area contributed by atoms with Crippen LogP contribution in [0.3, 0.4) is 0 Å². The highest BCUT2D eigenvalue weighted by Crippen LogP contribution is 2.30. The molecule has 2 aromatic carbocycles. The Kier molecular flexibility index (Phi) is 7.37. The first kappa shape index (κ1) is 21.3. The molecule has 0 N–H and O–H groups in total. The van der Waals surface area contributed by atoms with Crippen molar-refractivity contribution in [1.29, 1.82) is 0 Å². The van der Waals surface area contributed by atoms with Crippen molar-refractivity contribution in [3.8, 4) is 23.0 Å². The summed E-state index contributed by atoms with van der Waals surface area (Å²) >= 11 is 0. The molecule has 160 valence electrons. The van der Waals surface area contributed by atoms with Crippen LogP contribution in [0.2, 0.25) is 0 Å². The van der Waals surface area contributed by atoms with Gasteiger partial charge in [-0.3, -0.25) is 10.0 Å². The molecule has 0 radical (unpaired) electrons. The average molecular weight is 412 g/mol. The zero-order chi connectivity index (χ0) is 21.3. The monoisotopic (exact) mass is 412 g/mol. The maximum absolute atomic E-state index is 5.45. The molecule has 1 heterocycles. The largest absolute Gasteiger partial charge is 0.493 e. The van der Waals surface area contributed by atoms with E-state index in [9.17, 15) is 0 Å². The number of benzene rings is 2. The van der Waals surface area contributed by atoms with Gasteiger partial charge >= 0.3 is 0 Å². The average Bonchev–Trinajstić information content (AvgIpc) is 2.81. The standard InChI is InChI=1S/C22H28N4O4/c1-27-19-9-5-7-17(21(19)29-3)15-23-25-11-13-26(14-12-25)24-16-18-8-6-10-20(28-2)22(18)30-4/h5-10,15-16H,11-14H2,1-4H3/b23-15-,24-16+.